The third kappa shape index (κ3) is 5.82. The number of nitrogens with zero attached hydrogens (tertiary/aromatic N) is 2. The van der Waals surface area contributed by atoms with Gasteiger partial charge < -0.3 is 15.4 Å². The number of Topliss-reactive ketones (excluding diaryl/α,β-unsaturated/α-hetero) is 1. The molecule has 160 valence electrons. The van der Waals surface area contributed by atoms with Crippen LogP contribution in [0.25, 0.3) is 11.0 Å². The number of ketones is 1. The Balaban J connectivity index is 1.71. The van der Waals surface area contributed by atoms with Crippen LogP contribution in [-0.4, -0.2) is 52.9 Å². The molecule has 2 N–H and O–H groups in total. The lowest BCUT2D eigenvalue weighted by molar-refractivity contribution is -0.132. The Hall–Kier alpha value is -2.87. The third-order valence-corrected chi connectivity index (χ3v) is 4.99. The van der Waals surface area contributed by atoms with Crippen molar-refractivity contribution in [2.75, 3.05) is 13.2 Å². The molecule has 0 aliphatic carbocycles. The number of para-hydroxylation sites is 2. The van der Waals surface area contributed by atoms with Gasteiger partial charge in [0, 0.05) is 6.61 Å². The highest BCUT2D eigenvalue weighted by molar-refractivity contribution is 5.98. The second kappa shape index (κ2) is 10.2. The maximum Gasteiger partial charge on any atom is 0.272 e. The SMILES string of the molecule is CC(C)C[C@H](NC(=O)c1cnc2ccccc2n1)C(=O)N[C@H]1CCCCOCC1=O. The van der Waals surface area contributed by atoms with Crippen LogP contribution >= 0.6 is 0 Å². The Morgan fingerprint density at radius 1 is 1.20 bits per heavy atom. The fourth-order valence-corrected chi connectivity index (χ4v) is 3.41. The lowest BCUT2D eigenvalue weighted by Gasteiger charge is -2.25. The summed E-state index contributed by atoms with van der Waals surface area (Å²) in [5, 5.41) is 5.57. The largest absolute Gasteiger partial charge is 0.374 e. The highest BCUT2D eigenvalue weighted by atomic mass is 16.5. The topological polar surface area (TPSA) is 110 Å². The fourth-order valence-electron chi connectivity index (χ4n) is 3.41. The zero-order chi connectivity index (χ0) is 21.5. The summed E-state index contributed by atoms with van der Waals surface area (Å²) >= 11 is 0. The number of nitrogens with one attached hydrogen (secondary N) is 2. The van der Waals surface area contributed by atoms with Crippen LogP contribution in [0.2, 0.25) is 0 Å². The Labute approximate surface area is 175 Å². The van der Waals surface area contributed by atoms with Gasteiger partial charge in [-0.05, 0) is 43.7 Å². The molecule has 1 aliphatic rings. The monoisotopic (exact) mass is 412 g/mol. The van der Waals surface area contributed by atoms with Crippen LogP contribution in [0.5, 0.6) is 0 Å². The second-order valence-corrected chi connectivity index (χ2v) is 7.98. The fraction of sp³-hybridized carbons (Fsp3) is 0.500. The van der Waals surface area contributed by atoms with Crippen molar-refractivity contribution < 1.29 is 19.1 Å². The van der Waals surface area contributed by atoms with E-state index in [1.165, 1.54) is 6.20 Å². The normalized spacial score (nSPS) is 18.5. The number of aromatic nitrogens is 2. The van der Waals surface area contributed by atoms with Gasteiger partial charge in [0.1, 0.15) is 18.3 Å². The van der Waals surface area contributed by atoms with Crippen LogP contribution in [0, 0.1) is 5.92 Å². The van der Waals surface area contributed by atoms with Crippen molar-refractivity contribution in [1.29, 1.82) is 0 Å². The Bertz CT molecular complexity index is 915. The smallest absolute Gasteiger partial charge is 0.272 e. The van der Waals surface area contributed by atoms with Gasteiger partial charge in [-0.3, -0.25) is 19.4 Å². The van der Waals surface area contributed by atoms with Crippen LogP contribution in [-0.2, 0) is 14.3 Å². The van der Waals surface area contributed by atoms with Crippen LogP contribution in [0.4, 0.5) is 0 Å². The van der Waals surface area contributed by atoms with E-state index in [1.54, 1.807) is 6.07 Å². The van der Waals surface area contributed by atoms with Gasteiger partial charge in [0.15, 0.2) is 5.78 Å². The maximum atomic E-state index is 12.9. The van der Waals surface area contributed by atoms with Crippen molar-refractivity contribution in [3.05, 3.63) is 36.2 Å². The minimum Gasteiger partial charge on any atom is -0.374 e. The molecule has 1 fully saturated rings. The molecule has 1 aliphatic heterocycles. The van der Waals surface area contributed by atoms with E-state index in [0.717, 1.165) is 12.8 Å². The van der Waals surface area contributed by atoms with Gasteiger partial charge in [0.25, 0.3) is 5.91 Å². The number of benzene rings is 1. The van der Waals surface area contributed by atoms with Crippen molar-refractivity contribution in [1.82, 2.24) is 20.6 Å². The van der Waals surface area contributed by atoms with E-state index < -0.39 is 18.0 Å². The van der Waals surface area contributed by atoms with Crippen molar-refractivity contribution in [3.63, 3.8) is 0 Å². The number of amides is 2. The van der Waals surface area contributed by atoms with E-state index in [0.29, 0.717) is 30.5 Å². The summed E-state index contributed by atoms with van der Waals surface area (Å²) in [4.78, 5) is 46.5. The standard InChI is InChI=1S/C22H28N4O4/c1-14(2)11-18(21(28)25-17-9-5-6-10-30-13-20(17)27)26-22(29)19-12-23-15-7-3-4-8-16(15)24-19/h3-4,7-8,12,14,17-18H,5-6,9-11,13H2,1-2H3,(H,25,28)(H,26,29)/t17-,18-/m0/s1. The van der Waals surface area contributed by atoms with Gasteiger partial charge in [0.2, 0.25) is 5.91 Å². The Kier molecular flexibility index (Phi) is 7.46. The van der Waals surface area contributed by atoms with Gasteiger partial charge in [-0.1, -0.05) is 26.0 Å². The molecule has 8 nitrogen and oxygen atoms in total. The lowest BCUT2D eigenvalue weighted by atomic mass is 10.0. The van der Waals surface area contributed by atoms with Crippen LogP contribution in [0.15, 0.2) is 30.5 Å². The van der Waals surface area contributed by atoms with E-state index in [2.05, 4.69) is 20.6 Å². The molecule has 2 aromatic rings. The zero-order valence-corrected chi connectivity index (χ0v) is 17.4. The maximum absolute atomic E-state index is 12.9. The summed E-state index contributed by atoms with van der Waals surface area (Å²) in [7, 11) is 0. The summed E-state index contributed by atoms with van der Waals surface area (Å²) in [6, 6.07) is 5.90. The summed E-state index contributed by atoms with van der Waals surface area (Å²) in [5.41, 5.74) is 1.44. The minimum absolute atomic E-state index is 0.00116. The summed E-state index contributed by atoms with van der Waals surface area (Å²) in [6.07, 6.45) is 4.07. The van der Waals surface area contributed by atoms with Crippen molar-refractivity contribution in [2.45, 2.75) is 51.6 Å². The molecule has 0 saturated carbocycles. The summed E-state index contributed by atoms with van der Waals surface area (Å²) in [6.45, 7) is 4.50. The minimum atomic E-state index is -0.773. The van der Waals surface area contributed by atoms with Crippen LogP contribution < -0.4 is 10.6 Å². The Morgan fingerprint density at radius 2 is 1.97 bits per heavy atom. The highest BCUT2D eigenvalue weighted by Crippen LogP contribution is 2.12. The summed E-state index contributed by atoms with van der Waals surface area (Å²) < 4.78 is 5.30. The zero-order valence-electron chi connectivity index (χ0n) is 17.4. The van der Waals surface area contributed by atoms with Crippen molar-refractivity contribution in [2.24, 2.45) is 5.92 Å². The first-order chi connectivity index (χ1) is 14.4. The first-order valence-electron chi connectivity index (χ1n) is 10.4. The van der Waals surface area contributed by atoms with E-state index in [9.17, 15) is 14.4 Å². The molecule has 1 aromatic heterocycles. The number of carbonyl (C=O) groups excluding carboxylic acids is 3. The molecule has 2 heterocycles. The molecular weight excluding hydrogens is 384 g/mol. The second-order valence-electron chi connectivity index (χ2n) is 7.98. The van der Waals surface area contributed by atoms with E-state index in [-0.39, 0.29) is 29.9 Å². The number of ether oxygens (including phenoxy) is 1. The molecular formula is C22H28N4O4. The molecule has 8 heteroatoms. The van der Waals surface area contributed by atoms with E-state index >= 15 is 0 Å². The molecule has 0 spiro atoms. The number of fused-ring (bicyclic) bond motifs is 1. The van der Waals surface area contributed by atoms with Gasteiger partial charge in [-0.25, -0.2) is 4.98 Å². The molecule has 0 bridgehead atoms. The molecule has 30 heavy (non-hydrogen) atoms. The molecule has 1 aromatic carbocycles. The average Bonchev–Trinajstić information content (AvgIpc) is 2.72. The van der Waals surface area contributed by atoms with E-state index in [4.69, 9.17) is 4.74 Å². The average molecular weight is 412 g/mol. The highest BCUT2D eigenvalue weighted by Gasteiger charge is 2.28. The van der Waals surface area contributed by atoms with Crippen LogP contribution in [0.3, 0.4) is 0 Å². The number of hydrogen-bond acceptors (Lipinski definition) is 6. The van der Waals surface area contributed by atoms with Gasteiger partial charge in [-0.2, -0.15) is 0 Å². The predicted octanol–water partition coefficient (Wildman–Crippen LogP) is 2.03. The molecule has 0 radical (unpaired) electrons. The molecule has 2 amide bonds. The van der Waals surface area contributed by atoms with Crippen molar-refractivity contribution in [3.8, 4) is 0 Å². The number of hydrogen-bond donors (Lipinski definition) is 2. The van der Waals surface area contributed by atoms with Gasteiger partial charge in [-0.15, -0.1) is 0 Å². The molecule has 2 atom stereocenters. The van der Waals surface area contributed by atoms with Gasteiger partial charge >= 0.3 is 0 Å². The molecule has 3 rings (SSSR count). The lowest BCUT2D eigenvalue weighted by Crippen LogP contribution is -2.52. The molecule has 0 unspecified atom stereocenters. The predicted molar refractivity (Wildman–Crippen MR) is 112 cm³/mol. The number of carbonyl (C=O) groups is 3. The third-order valence-electron chi connectivity index (χ3n) is 4.99. The molecule has 1 saturated heterocycles. The quantitative estimate of drug-likeness (QED) is 0.751. The van der Waals surface area contributed by atoms with Gasteiger partial charge in [0.05, 0.1) is 23.3 Å². The Morgan fingerprint density at radius 3 is 2.73 bits per heavy atom. The summed E-state index contributed by atoms with van der Waals surface area (Å²) in [5.74, 6) is -0.815. The number of rotatable bonds is 6. The van der Waals surface area contributed by atoms with Crippen molar-refractivity contribution >= 4 is 28.6 Å². The van der Waals surface area contributed by atoms with E-state index in [1.807, 2.05) is 32.0 Å². The first-order valence-corrected chi connectivity index (χ1v) is 10.4. The first kappa shape index (κ1) is 21.8. The van der Waals surface area contributed by atoms with Crippen LogP contribution in [0.1, 0.15) is 50.0 Å².